The van der Waals surface area contributed by atoms with E-state index < -0.39 is 5.97 Å². The fourth-order valence-electron chi connectivity index (χ4n) is 5.00. The highest BCUT2D eigenvalue weighted by Gasteiger charge is 2.45. The van der Waals surface area contributed by atoms with Gasteiger partial charge in [-0.05, 0) is 92.2 Å². The molecule has 176 valence electrons. The van der Waals surface area contributed by atoms with Crippen molar-refractivity contribution in [3.05, 3.63) is 52.8 Å². The molecule has 0 spiro atoms. The summed E-state index contributed by atoms with van der Waals surface area (Å²) in [5.41, 5.74) is 2.58. The van der Waals surface area contributed by atoms with Crippen LogP contribution in [0.5, 0.6) is 5.75 Å². The second kappa shape index (κ2) is 9.52. The van der Waals surface area contributed by atoms with Crippen molar-refractivity contribution >= 4 is 23.6 Å². The van der Waals surface area contributed by atoms with Crippen molar-refractivity contribution in [2.45, 2.75) is 43.0 Å². The van der Waals surface area contributed by atoms with E-state index in [0.29, 0.717) is 42.3 Å². The summed E-state index contributed by atoms with van der Waals surface area (Å²) >= 11 is 1.32. The molecule has 2 heterocycles. The van der Waals surface area contributed by atoms with Crippen molar-refractivity contribution in [3.8, 4) is 5.75 Å². The minimum atomic E-state index is -1.00. The number of hydrogen-bond acceptors (Lipinski definition) is 6. The molecule has 3 N–H and O–H groups in total. The predicted octanol–water partition coefficient (Wildman–Crippen LogP) is 4.37. The summed E-state index contributed by atoms with van der Waals surface area (Å²) in [6.07, 6.45) is 2.91. The van der Waals surface area contributed by atoms with Gasteiger partial charge in [0, 0.05) is 23.4 Å². The van der Waals surface area contributed by atoms with Crippen molar-refractivity contribution in [2.75, 3.05) is 37.5 Å². The van der Waals surface area contributed by atoms with Crippen LogP contribution in [0.15, 0.2) is 35.2 Å². The predicted molar refractivity (Wildman–Crippen MR) is 128 cm³/mol. The largest absolute Gasteiger partial charge is 0.492 e. The van der Waals surface area contributed by atoms with E-state index in [1.165, 1.54) is 18.0 Å². The van der Waals surface area contributed by atoms with Crippen LogP contribution in [0, 0.1) is 11.7 Å². The van der Waals surface area contributed by atoms with Crippen molar-refractivity contribution in [1.82, 2.24) is 10.2 Å². The van der Waals surface area contributed by atoms with E-state index in [1.807, 2.05) is 12.1 Å². The van der Waals surface area contributed by atoms with E-state index >= 15 is 0 Å². The van der Waals surface area contributed by atoms with Gasteiger partial charge in [0.2, 0.25) is 0 Å². The van der Waals surface area contributed by atoms with Crippen LogP contribution in [0.2, 0.25) is 0 Å². The molecule has 2 aromatic carbocycles. The van der Waals surface area contributed by atoms with E-state index in [4.69, 9.17) is 4.74 Å². The molecule has 1 saturated heterocycles. The molecule has 5 rings (SSSR count). The van der Waals surface area contributed by atoms with Gasteiger partial charge in [0.25, 0.3) is 0 Å². The van der Waals surface area contributed by atoms with Gasteiger partial charge in [0.05, 0.1) is 12.3 Å². The molecular formula is C25H30FN3O3S. The topological polar surface area (TPSA) is 73.8 Å². The zero-order valence-corrected chi connectivity index (χ0v) is 19.6. The highest BCUT2D eigenvalue weighted by molar-refractivity contribution is 8.00. The summed E-state index contributed by atoms with van der Waals surface area (Å²) in [7, 11) is 0. The van der Waals surface area contributed by atoms with E-state index in [-0.39, 0.29) is 11.4 Å². The molecule has 2 aromatic rings. The lowest BCUT2D eigenvalue weighted by Crippen LogP contribution is -2.33. The second-order valence-electron chi connectivity index (χ2n) is 9.16. The molecule has 2 aliphatic heterocycles. The molecule has 1 saturated carbocycles. The first kappa shape index (κ1) is 22.5. The maximum Gasteiger partial charge on any atom is 0.341 e. The Balaban J connectivity index is 1.27. The van der Waals surface area contributed by atoms with Crippen LogP contribution < -0.4 is 14.8 Å². The number of nitrogens with zero attached hydrogens (tertiary/aromatic N) is 1. The molecule has 0 amide bonds. The monoisotopic (exact) mass is 471 g/mol. The van der Waals surface area contributed by atoms with Crippen molar-refractivity contribution < 1.29 is 19.0 Å². The Hall–Kier alpha value is -2.29. The average Bonchev–Trinajstić information content (AvgIpc) is 3.47. The first-order chi connectivity index (χ1) is 16.0. The summed E-state index contributed by atoms with van der Waals surface area (Å²) in [5.74, 6) is 0.175. The fourth-order valence-corrected chi connectivity index (χ4v) is 5.82. The van der Waals surface area contributed by atoms with Crippen LogP contribution in [-0.2, 0) is 6.42 Å². The number of carboxylic acids is 1. The van der Waals surface area contributed by atoms with E-state index in [2.05, 4.69) is 21.9 Å². The summed E-state index contributed by atoms with van der Waals surface area (Å²) in [4.78, 5) is 15.4. The highest BCUT2D eigenvalue weighted by Crippen LogP contribution is 2.55. The van der Waals surface area contributed by atoms with Crippen molar-refractivity contribution in [2.24, 2.45) is 5.92 Å². The molecule has 0 radical (unpaired) electrons. The molecule has 6 nitrogen and oxygen atoms in total. The Morgan fingerprint density at radius 2 is 2.21 bits per heavy atom. The second-order valence-corrected chi connectivity index (χ2v) is 10.0. The number of hydrogen-bond donors (Lipinski definition) is 3. The lowest BCUT2D eigenvalue weighted by Gasteiger charge is -2.21. The van der Waals surface area contributed by atoms with Gasteiger partial charge in [-0.1, -0.05) is 13.0 Å². The third-order valence-corrected chi connectivity index (χ3v) is 7.95. The normalized spacial score (nSPS) is 23.5. The summed E-state index contributed by atoms with van der Waals surface area (Å²) in [6.45, 7) is 6.79. The number of fused-ring (bicyclic) bond motifs is 3. The lowest BCUT2D eigenvalue weighted by molar-refractivity contribution is 0.0692. The number of ether oxygens (including phenoxy) is 1. The third kappa shape index (κ3) is 4.83. The molecule has 3 aliphatic rings. The van der Waals surface area contributed by atoms with Crippen LogP contribution in [0.3, 0.4) is 0 Å². The van der Waals surface area contributed by atoms with Gasteiger partial charge in [0.1, 0.15) is 17.1 Å². The molecular weight excluding hydrogens is 441 g/mol. The van der Waals surface area contributed by atoms with E-state index in [0.717, 1.165) is 55.0 Å². The summed E-state index contributed by atoms with van der Waals surface area (Å²) in [6, 6.07) is 9.04. The number of benzene rings is 2. The minimum absolute atomic E-state index is 0.178. The van der Waals surface area contributed by atoms with Gasteiger partial charge in [-0.3, -0.25) is 0 Å². The van der Waals surface area contributed by atoms with Gasteiger partial charge in [0.15, 0.2) is 0 Å². The minimum Gasteiger partial charge on any atom is -0.492 e. The first-order valence-electron chi connectivity index (χ1n) is 11.7. The summed E-state index contributed by atoms with van der Waals surface area (Å²) < 4.78 is 23.0. The number of anilines is 1. The number of rotatable bonds is 9. The lowest BCUT2D eigenvalue weighted by atomic mass is 10.0. The van der Waals surface area contributed by atoms with Crippen LogP contribution in [-0.4, -0.2) is 54.8 Å². The number of likely N-dealkylation sites (N-methyl/N-ethyl adjacent to an activating group) is 1. The maximum atomic E-state index is 14.0. The van der Waals surface area contributed by atoms with Gasteiger partial charge in [-0.25, -0.2) is 9.18 Å². The molecule has 0 aromatic heterocycles. The van der Waals surface area contributed by atoms with E-state index in [1.54, 1.807) is 12.1 Å². The molecule has 3 unspecified atom stereocenters. The number of carboxylic acid groups (broad SMARTS) is 1. The third-order valence-electron chi connectivity index (χ3n) is 7.01. The zero-order chi connectivity index (χ0) is 22.9. The molecule has 3 atom stereocenters. The van der Waals surface area contributed by atoms with Gasteiger partial charge >= 0.3 is 5.97 Å². The Bertz CT molecular complexity index is 1050. The molecule has 8 heteroatoms. The Kier molecular flexibility index (Phi) is 6.49. The Morgan fingerprint density at radius 1 is 1.33 bits per heavy atom. The van der Waals surface area contributed by atoms with Crippen molar-refractivity contribution in [3.63, 3.8) is 0 Å². The smallest absolute Gasteiger partial charge is 0.341 e. The van der Waals surface area contributed by atoms with E-state index in [9.17, 15) is 14.3 Å². The number of halogens is 1. The van der Waals surface area contributed by atoms with Crippen LogP contribution >= 0.6 is 11.9 Å². The Labute approximate surface area is 198 Å². The standard InChI is InChI=1S/C25H30FN3O3S/c1-2-29-10-8-18(13-29)27-9-7-15-11-17(26)3-6-22(15)33-28-21-5-4-19-20-12-16(20)14-32-24(19)23(21)25(30)31/h3-6,11,16,18,20,27-28H,2,7-10,12-14H2,1H3,(H,30,31). The number of aromatic carboxylic acids is 1. The van der Waals surface area contributed by atoms with Crippen LogP contribution in [0.4, 0.5) is 10.1 Å². The number of nitrogens with one attached hydrogen (secondary N) is 2. The maximum absolute atomic E-state index is 14.0. The van der Waals surface area contributed by atoms with Crippen molar-refractivity contribution in [1.29, 1.82) is 0 Å². The van der Waals surface area contributed by atoms with Crippen LogP contribution in [0.1, 0.15) is 47.2 Å². The quantitative estimate of drug-likeness (QED) is 0.469. The van der Waals surface area contributed by atoms with Gasteiger partial charge in [-0.2, -0.15) is 0 Å². The summed E-state index contributed by atoms with van der Waals surface area (Å²) in [5, 5.41) is 13.5. The molecule has 0 bridgehead atoms. The number of carbonyl (C=O) groups is 1. The van der Waals surface area contributed by atoms with Gasteiger partial charge < -0.3 is 24.8 Å². The first-order valence-corrected chi connectivity index (χ1v) is 12.5. The number of likely N-dealkylation sites (tertiary alicyclic amines) is 1. The zero-order valence-electron chi connectivity index (χ0n) is 18.8. The Morgan fingerprint density at radius 3 is 3.00 bits per heavy atom. The molecule has 2 fully saturated rings. The fraction of sp³-hybridized carbons (Fsp3) is 0.480. The molecule has 33 heavy (non-hydrogen) atoms. The SMILES string of the molecule is CCN1CCC(NCCc2cc(F)ccc2SNc2ccc3c(c2C(=O)O)OCC2CC32)C1. The highest BCUT2D eigenvalue weighted by atomic mass is 32.2. The average molecular weight is 472 g/mol. The molecule has 1 aliphatic carbocycles. The van der Waals surface area contributed by atoms with Gasteiger partial charge in [-0.15, -0.1) is 0 Å². The van der Waals surface area contributed by atoms with Crippen LogP contribution in [0.25, 0.3) is 0 Å².